The maximum atomic E-state index is 6.24. The number of hydrogen-bond donors (Lipinski definition) is 3. The van der Waals surface area contributed by atoms with Gasteiger partial charge in [0, 0.05) is 0 Å². The summed E-state index contributed by atoms with van der Waals surface area (Å²) in [5, 5.41) is 0. The third kappa shape index (κ3) is 7.11. The van der Waals surface area contributed by atoms with Gasteiger partial charge in [-0.3, -0.25) is 0 Å². The molecule has 0 aromatic heterocycles. The summed E-state index contributed by atoms with van der Waals surface area (Å²) < 4.78 is 18.7. The van der Waals surface area contributed by atoms with Crippen molar-refractivity contribution < 1.29 is 13.6 Å². The predicted octanol–water partition coefficient (Wildman–Crippen LogP) is 7.37. The Hall–Kier alpha value is -1.77. The van der Waals surface area contributed by atoms with E-state index in [9.17, 15) is 0 Å². The molecule has 1 aliphatic heterocycles. The van der Waals surface area contributed by atoms with Gasteiger partial charge < -0.3 is 13.6 Å². The molecule has 9 heteroatoms. The van der Waals surface area contributed by atoms with Crippen LogP contribution in [0.5, 0.6) is 17.2 Å². The van der Waals surface area contributed by atoms with E-state index >= 15 is 0 Å². The zero-order valence-electron chi connectivity index (χ0n) is 19.1. The van der Waals surface area contributed by atoms with Crippen LogP contribution >= 0.6 is 25.3 Å². The van der Waals surface area contributed by atoms with E-state index < -0.39 is 25.3 Å². The Morgan fingerprint density at radius 1 is 0.455 bits per heavy atom. The first kappa shape index (κ1) is 24.4. The summed E-state index contributed by atoms with van der Waals surface area (Å²) in [6.45, 7) is 6.43. The molecule has 0 radical (unpaired) electrons. The second-order valence-electron chi connectivity index (χ2n) is 7.45. The molecule has 1 heterocycles. The second-order valence-corrected chi connectivity index (χ2v) is 12.2. The summed E-state index contributed by atoms with van der Waals surface area (Å²) in [6.07, 6.45) is 3.00. The highest BCUT2D eigenvalue weighted by Crippen LogP contribution is 2.55. The first-order valence-corrected chi connectivity index (χ1v) is 14.9. The summed E-state index contributed by atoms with van der Waals surface area (Å²) in [5.41, 5.74) is 3.84. The number of hydrogen-bond acceptors (Lipinski definition) is 6. The Morgan fingerprint density at radius 3 is 0.909 bits per heavy atom. The maximum absolute atomic E-state index is 6.24. The van der Waals surface area contributed by atoms with Crippen LogP contribution in [0.1, 0.15) is 37.5 Å². The summed E-state index contributed by atoms with van der Waals surface area (Å²) in [6, 6.07) is 24.6. The van der Waals surface area contributed by atoms with E-state index in [-0.39, 0.29) is 0 Å². The molecule has 0 unspecified atom stereocenters. The third-order valence-electron chi connectivity index (χ3n) is 5.13. The van der Waals surface area contributed by atoms with Crippen molar-refractivity contribution >= 4 is 25.3 Å². The van der Waals surface area contributed by atoms with Crippen LogP contribution < -0.4 is 28.1 Å². The lowest BCUT2D eigenvalue weighted by molar-refractivity contribution is 0.563. The third-order valence-corrected chi connectivity index (χ3v) is 10.7. The summed E-state index contributed by atoms with van der Waals surface area (Å²) in [5.74, 6) is 2.43. The molecule has 3 aromatic rings. The Morgan fingerprint density at radius 2 is 0.697 bits per heavy atom. The van der Waals surface area contributed by atoms with Gasteiger partial charge in [-0.05, 0) is 72.4 Å². The minimum Gasteiger partial charge on any atom is -0.444 e. The van der Waals surface area contributed by atoms with Crippen molar-refractivity contribution in [2.45, 2.75) is 40.0 Å². The van der Waals surface area contributed by atoms with Crippen molar-refractivity contribution in [2.75, 3.05) is 0 Å². The van der Waals surface area contributed by atoms with Gasteiger partial charge in [-0.25, -0.2) is 0 Å². The van der Waals surface area contributed by atoms with Gasteiger partial charge in [0.2, 0.25) is 0 Å². The summed E-state index contributed by atoms with van der Waals surface area (Å²) >= 11 is 0. The average Bonchev–Trinajstić information content (AvgIpc) is 2.85. The first-order valence-electron chi connectivity index (χ1n) is 11.1. The number of rotatable bonds is 9. The molecule has 0 bridgehead atoms. The van der Waals surface area contributed by atoms with Crippen molar-refractivity contribution in [3.05, 3.63) is 89.5 Å². The smallest absolute Gasteiger partial charge is 0.257 e. The highest BCUT2D eigenvalue weighted by Gasteiger charge is 2.34. The second kappa shape index (κ2) is 12.1. The number of aryl methyl sites for hydroxylation is 3. The fraction of sp³-hybridized carbons (Fsp3) is 0.250. The molecule has 1 saturated heterocycles. The van der Waals surface area contributed by atoms with E-state index in [2.05, 4.69) is 71.7 Å². The molecule has 0 aliphatic carbocycles. The van der Waals surface area contributed by atoms with Crippen molar-refractivity contribution in [2.24, 2.45) is 0 Å². The molecule has 4 rings (SSSR count). The Kier molecular flexibility index (Phi) is 8.92. The molecule has 0 atom stereocenters. The molecule has 174 valence electrons. The lowest BCUT2D eigenvalue weighted by Crippen LogP contribution is -2.32. The Bertz CT molecular complexity index is 866. The molecule has 3 aromatic carbocycles. The van der Waals surface area contributed by atoms with Gasteiger partial charge in [0.05, 0.1) is 0 Å². The highest BCUT2D eigenvalue weighted by atomic mass is 31.3. The lowest BCUT2D eigenvalue weighted by Gasteiger charge is -2.34. The Labute approximate surface area is 200 Å². The normalized spacial score (nSPS) is 20.3. The number of nitrogens with one attached hydrogen (secondary N) is 3. The zero-order valence-corrected chi connectivity index (χ0v) is 21.8. The standard InChI is InChI=1S/C24H30N3O3P3/c1-4-19-7-13-22(14-8-19)28-31-25-32(29-23-15-9-20(5-2)10-16-23)27-33(26-31)30-24-17-11-21(6-3)12-18-24/h7-18,25-27H,4-6H2,1-3H3. The molecule has 0 saturated carbocycles. The molecule has 33 heavy (non-hydrogen) atoms. The first-order chi connectivity index (χ1) is 16.1. The van der Waals surface area contributed by atoms with Crippen LogP contribution in [-0.4, -0.2) is 0 Å². The topological polar surface area (TPSA) is 63.8 Å². The van der Waals surface area contributed by atoms with E-state index in [1.807, 2.05) is 36.4 Å². The largest absolute Gasteiger partial charge is 0.444 e. The molecule has 1 fully saturated rings. The van der Waals surface area contributed by atoms with Gasteiger partial charge in [0.1, 0.15) is 17.2 Å². The van der Waals surface area contributed by atoms with E-state index in [1.54, 1.807) is 0 Å². The highest BCUT2D eigenvalue weighted by molar-refractivity contribution is 7.79. The SMILES string of the molecule is CCc1ccc(OP2NP(Oc3ccc(CC)cc3)NP(Oc3ccc(CC)cc3)N2)cc1. The molecule has 3 N–H and O–H groups in total. The van der Waals surface area contributed by atoms with Crippen LogP contribution in [-0.2, 0) is 19.3 Å². The number of benzene rings is 3. The minimum absolute atomic E-state index is 0.810. The van der Waals surface area contributed by atoms with Gasteiger partial charge in [-0.2, -0.15) is 14.6 Å². The summed E-state index contributed by atoms with van der Waals surface area (Å²) in [4.78, 5) is 10.3. The van der Waals surface area contributed by atoms with Crippen molar-refractivity contribution in [3.63, 3.8) is 0 Å². The maximum Gasteiger partial charge on any atom is 0.257 e. The van der Waals surface area contributed by atoms with E-state index in [1.165, 1.54) is 16.7 Å². The van der Waals surface area contributed by atoms with Gasteiger partial charge in [0.15, 0.2) is 0 Å². The van der Waals surface area contributed by atoms with Crippen LogP contribution in [0.2, 0.25) is 0 Å². The van der Waals surface area contributed by atoms with Crippen molar-refractivity contribution in [1.82, 2.24) is 14.6 Å². The molecular formula is C24H30N3O3P3. The molecule has 1 aliphatic rings. The monoisotopic (exact) mass is 501 g/mol. The quantitative estimate of drug-likeness (QED) is 0.266. The lowest BCUT2D eigenvalue weighted by atomic mass is 10.2. The van der Waals surface area contributed by atoms with Crippen LogP contribution in [0.25, 0.3) is 0 Å². The van der Waals surface area contributed by atoms with Crippen LogP contribution in [0.15, 0.2) is 72.8 Å². The van der Waals surface area contributed by atoms with E-state index in [4.69, 9.17) is 13.6 Å². The summed E-state index contributed by atoms with van der Waals surface area (Å²) in [7, 11) is -3.62. The average molecular weight is 501 g/mol. The molecule has 6 nitrogen and oxygen atoms in total. The fourth-order valence-electron chi connectivity index (χ4n) is 3.11. The van der Waals surface area contributed by atoms with Crippen LogP contribution in [0.3, 0.4) is 0 Å². The van der Waals surface area contributed by atoms with Crippen LogP contribution in [0.4, 0.5) is 0 Å². The predicted molar refractivity (Wildman–Crippen MR) is 140 cm³/mol. The van der Waals surface area contributed by atoms with E-state index in [0.29, 0.717) is 0 Å². The van der Waals surface area contributed by atoms with Gasteiger partial charge in [0.25, 0.3) is 25.3 Å². The minimum atomic E-state index is -1.21. The van der Waals surface area contributed by atoms with Gasteiger partial charge in [-0.1, -0.05) is 57.2 Å². The van der Waals surface area contributed by atoms with Gasteiger partial charge >= 0.3 is 0 Å². The molecular weight excluding hydrogens is 471 g/mol. The zero-order chi connectivity index (χ0) is 23.0. The fourth-order valence-corrected chi connectivity index (χ4v) is 8.81. The van der Waals surface area contributed by atoms with E-state index in [0.717, 1.165) is 36.5 Å². The van der Waals surface area contributed by atoms with Gasteiger partial charge in [-0.15, -0.1) is 0 Å². The van der Waals surface area contributed by atoms with Crippen LogP contribution in [0, 0.1) is 0 Å². The Balaban J connectivity index is 1.46. The molecule has 0 spiro atoms. The van der Waals surface area contributed by atoms with Crippen molar-refractivity contribution in [1.29, 1.82) is 0 Å². The molecule has 0 amide bonds. The van der Waals surface area contributed by atoms with Crippen molar-refractivity contribution in [3.8, 4) is 17.2 Å².